The Hall–Kier alpha value is -3.50. The molecule has 7 heteroatoms. The first-order valence-corrected chi connectivity index (χ1v) is 10.4. The summed E-state index contributed by atoms with van der Waals surface area (Å²) in [6.45, 7) is 4.37. The number of carbonyl (C=O) groups is 1. The molecular formula is C24H22BrN3O3. The topological polar surface area (TPSA) is 87.1 Å². The van der Waals surface area contributed by atoms with Gasteiger partial charge in [0.05, 0.1) is 11.6 Å². The molecule has 2 aromatic carbocycles. The van der Waals surface area contributed by atoms with Crippen LogP contribution in [0.25, 0.3) is 17.0 Å². The van der Waals surface area contributed by atoms with Gasteiger partial charge in [-0.25, -0.2) is 0 Å². The van der Waals surface area contributed by atoms with Crippen LogP contribution in [0.1, 0.15) is 11.1 Å². The van der Waals surface area contributed by atoms with E-state index in [4.69, 9.17) is 9.47 Å². The SMILES string of the molecule is C=CCOc1c(Br)cc(/C=C(\C#N)C(=O)NCCc2c[nH]c3ccccc23)cc1OC. The number of methoxy groups -OCH3 is 1. The minimum atomic E-state index is -0.426. The van der Waals surface area contributed by atoms with Gasteiger partial charge in [-0.3, -0.25) is 4.79 Å². The van der Waals surface area contributed by atoms with Crippen LogP contribution < -0.4 is 14.8 Å². The van der Waals surface area contributed by atoms with Crippen molar-refractivity contribution in [3.8, 4) is 17.6 Å². The summed E-state index contributed by atoms with van der Waals surface area (Å²) < 4.78 is 11.6. The molecule has 0 spiro atoms. The summed E-state index contributed by atoms with van der Waals surface area (Å²) in [5.41, 5.74) is 2.81. The Labute approximate surface area is 189 Å². The zero-order chi connectivity index (χ0) is 22.2. The molecule has 0 aliphatic carbocycles. The van der Waals surface area contributed by atoms with Crippen molar-refractivity contribution in [3.63, 3.8) is 0 Å². The lowest BCUT2D eigenvalue weighted by atomic mass is 10.1. The van der Waals surface area contributed by atoms with Crippen LogP contribution in [0.4, 0.5) is 0 Å². The van der Waals surface area contributed by atoms with Gasteiger partial charge in [0.2, 0.25) is 0 Å². The fraction of sp³-hybridized carbons (Fsp3) is 0.167. The Bertz CT molecular complexity index is 1170. The highest BCUT2D eigenvalue weighted by Crippen LogP contribution is 2.37. The molecule has 3 rings (SSSR count). The van der Waals surface area contributed by atoms with Crippen LogP contribution in [0.15, 0.2) is 65.3 Å². The number of fused-ring (bicyclic) bond motifs is 1. The van der Waals surface area contributed by atoms with Crippen molar-refractivity contribution >= 4 is 38.8 Å². The van der Waals surface area contributed by atoms with Crippen LogP contribution in [-0.2, 0) is 11.2 Å². The number of para-hydroxylation sites is 1. The number of rotatable bonds is 9. The summed E-state index contributed by atoms with van der Waals surface area (Å²) in [5, 5.41) is 13.4. The number of ether oxygens (including phenoxy) is 2. The lowest BCUT2D eigenvalue weighted by Gasteiger charge is -2.12. The Kier molecular flexibility index (Phi) is 7.52. The number of nitriles is 1. The molecule has 0 fully saturated rings. The molecule has 0 aliphatic rings. The molecule has 1 heterocycles. The number of amides is 1. The van der Waals surface area contributed by atoms with E-state index in [1.54, 1.807) is 18.2 Å². The number of carbonyl (C=O) groups excluding carboxylic acids is 1. The van der Waals surface area contributed by atoms with E-state index in [0.717, 1.165) is 16.5 Å². The molecule has 0 bridgehead atoms. The summed E-state index contributed by atoms with van der Waals surface area (Å²) in [6.07, 6.45) is 5.75. The minimum Gasteiger partial charge on any atom is -0.493 e. The highest BCUT2D eigenvalue weighted by atomic mass is 79.9. The number of aromatic amines is 1. The molecule has 1 aromatic heterocycles. The second-order valence-electron chi connectivity index (χ2n) is 6.67. The standard InChI is InChI=1S/C24H22BrN3O3/c1-3-10-31-23-20(25)12-16(13-22(23)30-2)11-18(14-26)24(29)27-9-8-17-15-28-21-7-5-4-6-19(17)21/h3-7,11-13,15,28H,1,8-10H2,2H3,(H,27,29)/b18-11+. The van der Waals surface area contributed by atoms with Crippen LogP contribution in [0.3, 0.4) is 0 Å². The van der Waals surface area contributed by atoms with Crippen molar-refractivity contribution in [1.82, 2.24) is 10.3 Å². The summed E-state index contributed by atoms with van der Waals surface area (Å²) in [4.78, 5) is 15.7. The maximum atomic E-state index is 12.5. The number of halogens is 1. The van der Waals surface area contributed by atoms with Crippen molar-refractivity contribution in [1.29, 1.82) is 5.26 Å². The maximum absolute atomic E-state index is 12.5. The van der Waals surface area contributed by atoms with Crippen molar-refractivity contribution < 1.29 is 14.3 Å². The van der Waals surface area contributed by atoms with E-state index in [9.17, 15) is 10.1 Å². The Morgan fingerprint density at radius 1 is 1.35 bits per heavy atom. The second kappa shape index (κ2) is 10.5. The van der Waals surface area contributed by atoms with E-state index < -0.39 is 5.91 Å². The molecule has 0 atom stereocenters. The fourth-order valence-electron chi connectivity index (χ4n) is 3.17. The maximum Gasteiger partial charge on any atom is 0.261 e. The Morgan fingerprint density at radius 3 is 2.90 bits per heavy atom. The average molecular weight is 480 g/mol. The molecule has 0 saturated heterocycles. The lowest BCUT2D eigenvalue weighted by Crippen LogP contribution is -2.26. The zero-order valence-electron chi connectivity index (χ0n) is 17.1. The lowest BCUT2D eigenvalue weighted by molar-refractivity contribution is -0.117. The molecular weight excluding hydrogens is 458 g/mol. The second-order valence-corrected chi connectivity index (χ2v) is 7.52. The van der Waals surface area contributed by atoms with Gasteiger partial charge in [0.25, 0.3) is 5.91 Å². The summed E-state index contributed by atoms with van der Waals surface area (Å²) >= 11 is 3.45. The van der Waals surface area contributed by atoms with Crippen LogP contribution in [0, 0.1) is 11.3 Å². The van der Waals surface area contributed by atoms with Gasteiger partial charge in [-0.1, -0.05) is 30.9 Å². The third-order valence-corrected chi connectivity index (χ3v) is 5.22. The molecule has 0 unspecified atom stereocenters. The van der Waals surface area contributed by atoms with E-state index >= 15 is 0 Å². The third kappa shape index (κ3) is 5.36. The fourth-order valence-corrected chi connectivity index (χ4v) is 3.74. The van der Waals surface area contributed by atoms with Gasteiger partial charge in [-0.05, 0) is 57.8 Å². The van der Waals surface area contributed by atoms with E-state index in [2.05, 4.69) is 32.8 Å². The predicted molar refractivity (Wildman–Crippen MR) is 125 cm³/mol. The van der Waals surface area contributed by atoms with Gasteiger partial charge >= 0.3 is 0 Å². The number of benzene rings is 2. The molecule has 0 radical (unpaired) electrons. The van der Waals surface area contributed by atoms with Crippen LogP contribution in [0.5, 0.6) is 11.5 Å². The highest BCUT2D eigenvalue weighted by molar-refractivity contribution is 9.10. The first kappa shape index (κ1) is 22.2. The zero-order valence-corrected chi connectivity index (χ0v) is 18.7. The predicted octanol–water partition coefficient (Wildman–Crippen LogP) is 4.77. The quantitative estimate of drug-likeness (QED) is 0.263. The number of nitrogens with one attached hydrogen (secondary N) is 2. The first-order valence-electron chi connectivity index (χ1n) is 9.63. The molecule has 1 amide bonds. The van der Waals surface area contributed by atoms with Crippen molar-refractivity contribution in [2.45, 2.75) is 6.42 Å². The number of nitrogens with zero attached hydrogens (tertiary/aromatic N) is 1. The van der Waals surface area contributed by atoms with Crippen molar-refractivity contribution in [3.05, 3.63) is 76.4 Å². The van der Waals surface area contributed by atoms with Gasteiger partial charge in [0, 0.05) is 23.6 Å². The number of hydrogen-bond donors (Lipinski definition) is 2. The van der Waals surface area contributed by atoms with Gasteiger partial charge in [-0.15, -0.1) is 0 Å². The average Bonchev–Trinajstić information content (AvgIpc) is 3.19. The molecule has 31 heavy (non-hydrogen) atoms. The molecule has 6 nitrogen and oxygen atoms in total. The molecule has 0 saturated carbocycles. The van der Waals surface area contributed by atoms with Gasteiger partial charge in [0.1, 0.15) is 18.2 Å². The van der Waals surface area contributed by atoms with Crippen LogP contribution >= 0.6 is 15.9 Å². The van der Waals surface area contributed by atoms with Crippen molar-refractivity contribution in [2.24, 2.45) is 0 Å². The molecule has 158 valence electrons. The van der Waals surface area contributed by atoms with E-state index in [1.165, 1.54) is 13.2 Å². The molecule has 0 aliphatic heterocycles. The van der Waals surface area contributed by atoms with E-state index in [0.29, 0.717) is 41.1 Å². The summed E-state index contributed by atoms with van der Waals surface area (Å²) in [6, 6.07) is 13.4. The van der Waals surface area contributed by atoms with Crippen molar-refractivity contribution in [2.75, 3.05) is 20.3 Å². The molecule has 2 N–H and O–H groups in total. The van der Waals surface area contributed by atoms with Crippen LogP contribution in [-0.4, -0.2) is 31.2 Å². The monoisotopic (exact) mass is 479 g/mol. The van der Waals surface area contributed by atoms with E-state index in [-0.39, 0.29) is 5.57 Å². The number of H-pyrrole nitrogens is 1. The molecule has 3 aromatic rings. The summed E-state index contributed by atoms with van der Waals surface area (Å²) in [7, 11) is 1.53. The Morgan fingerprint density at radius 2 is 2.16 bits per heavy atom. The van der Waals surface area contributed by atoms with E-state index in [1.807, 2.05) is 36.5 Å². The van der Waals surface area contributed by atoms with Gasteiger partial charge < -0.3 is 19.8 Å². The van der Waals surface area contributed by atoms with Crippen LogP contribution in [0.2, 0.25) is 0 Å². The van der Waals surface area contributed by atoms with Gasteiger partial charge in [-0.2, -0.15) is 5.26 Å². The summed E-state index contributed by atoms with van der Waals surface area (Å²) in [5.74, 6) is 0.588. The number of hydrogen-bond acceptors (Lipinski definition) is 4. The Balaban J connectivity index is 1.70. The number of aromatic nitrogens is 1. The van der Waals surface area contributed by atoms with Gasteiger partial charge in [0.15, 0.2) is 11.5 Å². The normalized spacial score (nSPS) is 11.1. The third-order valence-electron chi connectivity index (χ3n) is 4.63. The highest BCUT2D eigenvalue weighted by Gasteiger charge is 2.14. The smallest absolute Gasteiger partial charge is 0.261 e. The largest absolute Gasteiger partial charge is 0.493 e. The first-order chi connectivity index (χ1) is 15.1. The minimum absolute atomic E-state index is 0.00707.